The van der Waals surface area contributed by atoms with E-state index in [9.17, 15) is 4.79 Å². The molecule has 5 rings (SSSR count). The maximum Gasteiger partial charge on any atom is 0.241 e. The Bertz CT molecular complexity index is 1390. The highest BCUT2D eigenvalue weighted by Crippen LogP contribution is 2.40. The minimum absolute atomic E-state index is 0.157. The molecule has 0 saturated heterocycles. The van der Waals surface area contributed by atoms with E-state index in [0.29, 0.717) is 18.7 Å². The van der Waals surface area contributed by atoms with Crippen LogP contribution in [-0.2, 0) is 11.3 Å². The Kier molecular flexibility index (Phi) is 5.85. The molecule has 2 aromatic heterocycles. The lowest BCUT2D eigenvalue weighted by Gasteiger charge is -2.13. The number of para-hydroxylation sites is 1. The number of nitrogens with one attached hydrogen (secondary N) is 1. The number of hydrogen-bond donors (Lipinski definition) is 1. The molecule has 0 spiro atoms. The van der Waals surface area contributed by atoms with Crippen molar-refractivity contribution in [3.05, 3.63) is 109 Å². The molecule has 0 radical (unpaired) electrons. The van der Waals surface area contributed by atoms with Gasteiger partial charge in [0.05, 0.1) is 18.2 Å². The lowest BCUT2D eigenvalue weighted by Crippen LogP contribution is -2.19. The predicted molar refractivity (Wildman–Crippen MR) is 132 cm³/mol. The first-order valence-electron chi connectivity index (χ1n) is 10.9. The van der Waals surface area contributed by atoms with Gasteiger partial charge in [-0.05, 0) is 29.3 Å². The third-order valence-electron chi connectivity index (χ3n) is 5.57. The van der Waals surface area contributed by atoms with Crippen molar-refractivity contribution in [1.29, 1.82) is 0 Å². The number of hydrogen-bond acceptors (Lipinski definition) is 3. The van der Waals surface area contributed by atoms with Gasteiger partial charge in [-0.1, -0.05) is 78.9 Å². The summed E-state index contributed by atoms with van der Waals surface area (Å²) in [6.45, 7) is 0.527. The van der Waals surface area contributed by atoms with E-state index in [1.807, 2.05) is 30.3 Å². The van der Waals surface area contributed by atoms with Crippen LogP contribution in [0, 0.1) is 0 Å². The van der Waals surface area contributed by atoms with Gasteiger partial charge in [0.1, 0.15) is 5.76 Å². The minimum Gasteiger partial charge on any atom is -0.463 e. The molecule has 5 aromatic rings. The van der Waals surface area contributed by atoms with Crippen LogP contribution in [0.3, 0.4) is 0 Å². The lowest BCUT2D eigenvalue weighted by atomic mass is 9.98. The zero-order chi connectivity index (χ0) is 22.5. The highest BCUT2D eigenvalue weighted by atomic mass is 16.3. The van der Waals surface area contributed by atoms with Gasteiger partial charge < -0.3 is 8.98 Å². The Morgan fingerprint density at radius 3 is 2.27 bits per heavy atom. The fourth-order valence-corrected chi connectivity index (χ4v) is 4.13. The molecule has 0 aliphatic carbocycles. The number of rotatable bonds is 7. The van der Waals surface area contributed by atoms with Crippen LogP contribution in [0.4, 0.5) is 0 Å². The number of nitrogens with zero attached hydrogens (tertiary/aromatic N) is 2. The maximum absolute atomic E-state index is 12.5. The Morgan fingerprint density at radius 2 is 1.55 bits per heavy atom. The maximum atomic E-state index is 12.5. The largest absolute Gasteiger partial charge is 0.463 e. The first-order chi connectivity index (χ1) is 16.3. The van der Waals surface area contributed by atoms with E-state index in [1.54, 1.807) is 18.4 Å². The van der Waals surface area contributed by atoms with Crippen LogP contribution in [0.2, 0.25) is 0 Å². The molecule has 0 aliphatic heterocycles. The van der Waals surface area contributed by atoms with E-state index in [0.717, 1.165) is 22.3 Å². The summed E-state index contributed by atoms with van der Waals surface area (Å²) in [6.07, 6.45) is 3.35. The number of benzene rings is 3. The second kappa shape index (κ2) is 9.40. The van der Waals surface area contributed by atoms with E-state index in [4.69, 9.17) is 4.42 Å². The second-order valence-corrected chi connectivity index (χ2v) is 7.68. The molecule has 2 heterocycles. The number of amides is 1. The molecule has 33 heavy (non-hydrogen) atoms. The number of fused-ring (bicyclic) bond motifs is 1. The Morgan fingerprint density at radius 1 is 0.848 bits per heavy atom. The number of aryl methyl sites for hydroxylation is 1. The fraction of sp³-hybridized carbons (Fsp3) is 0.0714. The van der Waals surface area contributed by atoms with E-state index in [1.165, 1.54) is 17.2 Å². The summed E-state index contributed by atoms with van der Waals surface area (Å²) in [7, 11) is 0. The van der Waals surface area contributed by atoms with Gasteiger partial charge in [-0.15, -0.1) is 0 Å². The monoisotopic (exact) mass is 433 g/mol. The summed E-state index contributed by atoms with van der Waals surface area (Å²) in [6, 6.07) is 32.6. The van der Waals surface area contributed by atoms with Crippen LogP contribution in [0.15, 0.2) is 113 Å². The van der Waals surface area contributed by atoms with Crippen molar-refractivity contribution >= 4 is 23.0 Å². The topological polar surface area (TPSA) is 59.5 Å². The molecule has 0 fully saturated rings. The van der Waals surface area contributed by atoms with Crippen LogP contribution < -0.4 is 5.43 Å². The van der Waals surface area contributed by atoms with Gasteiger partial charge in [0, 0.05) is 29.4 Å². The SMILES string of the molecule is O=C(CCn1c(-c2ccccc2)c(-c2ccccc2)c2ccccc21)N/N=C\c1ccco1. The van der Waals surface area contributed by atoms with Gasteiger partial charge in [-0.2, -0.15) is 5.10 Å². The van der Waals surface area contributed by atoms with Gasteiger partial charge in [-0.25, -0.2) is 5.43 Å². The number of carbonyl (C=O) groups excluding carboxylic acids is 1. The molecule has 0 saturated carbocycles. The standard InChI is InChI=1S/C28H23N3O2/c32-26(30-29-20-23-14-9-19-33-23)17-18-31-25-16-8-7-15-24(25)27(21-10-3-1-4-11-21)28(31)22-12-5-2-6-13-22/h1-16,19-20H,17-18H2,(H,30,32)/b29-20-. The Hall–Kier alpha value is -4.38. The zero-order valence-electron chi connectivity index (χ0n) is 18.0. The fourth-order valence-electron chi connectivity index (χ4n) is 4.13. The molecule has 5 heteroatoms. The average Bonchev–Trinajstić information content (AvgIpc) is 3.50. The van der Waals surface area contributed by atoms with Crippen molar-refractivity contribution in [3.8, 4) is 22.4 Å². The molecular weight excluding hydrogens is 410 g/mol. The third-order valence-corrected chi connectivity index (χ3v) is 5.57. The number of hydrazone groups is 1. The van der Waals surface area contributed by atoms with Crippen molar-refractivity contribution in [2.75, 3.05) is 0 Å². The van der Waals surface area contributed by atoms with Crippen LogP contribution >= 0.6 is 0 Å². The molecule has 0 aliphatic rings. The molecule has 5 nitrogen and oxygen atoms in total. The predicted octanol–water partition coefficient (Wildman–Crippen LogP) is 6.11. The van der Waals surface area contributed by atoms with Crippen molar-refractivity contribution in [1.82, 2.24) is 9.99 Å². The zero-order valence-corrected chi connectivity index (χ0v) is 18.0. The number of furan rings is 1. The van der Waals surface area contributed by atoms with E-state index in [2.05, 4.69) is 69.7 Å². The Labute approximate surface area is 192 Å². The number of aromatic nitrogens is 1. The summed E-state index contributed by atoms with van der Waals surface area (Å²) < 4.78 is 7.44. The molecule has 3 aromatic carbocycles. The molecular formula is C28H23N3O2. The van der Waals surface area contributed by atoms with Crippen molar-refractivity contribution < 1.29 is 9.21 Å². The van der Waals surface area contributed by atoms with Gasteiger partial charge in [0.25, 0.3) is 0 Å². The summed E-state index contributed by atoms with van der Waals surface area (Å²) in [5.74, 6) is 0.432. The van der Waals surface area contributed by atoms with Crippen molar-refractivity contribution in [2.24, 2.45) is 5.10 Å². The summed E-state index contributed by atoms with van der Waals surface area (Å²) in [4.78, 5) is 12.5. The van der Waals surface area contributed by atoms with Gasteiger partial charge in [0.15, 0.2) is 0 Å². The highest BCUT2D eigenvalue weighted by Gasteiger charge is 2.20. The highest BCUT2D eigenvalue weighted by molar-refractivity contribution is 6.04. The summed E-state index contributed by atoms with van der Waals surface area (Å²) in [5.41, 5.74) is 8.24. The number of carbonyl (C=O) groups is 1. The molecule has 162 valence electrons. The first-order valence-corrected chi connectivity index (χ1v) is 10.9. The smallest absolute Gasteiger partial charge is 0.241 e. The van der Waals surface area contributed by atoms with Gasteiger partial charge in [-0.3, -0.25) is 4.79 Å². The third kappa shape index (κ3) is 4.34. The minimum atomic E-state index is -0.157. The quantitative estimate of drug-likeness (QED) is 0.249. The second-order valence-electron chi connectivity index (χ2n) is 7.68. The van der Waals surface area contributed by atoms with Crippen LogP contribution in [-0.4, -0.2) is 16.7 Å². The molecule has 1 amide bonds. The van der Waals surface area contributed by atoms with E-state index >= 15 is 0 Å². The lowest BCUT2D eigenvalue weighted by molar-refractivity contribution is -0.121. The average molecular weight is 434 g/mol. The van der Waals surface area contributed by atoms with Crippen LogP contribution in [0.25, 0.3) is 33.3 Å². The molecule has 0 atom stereocenters. The summed E-state index contributed by atoms with van der Waals surface area (Å²) >= 11 is 0. The van der Waals surface area contributed by atoms with E-state index in [-0.39, 0.29) is 5.91 Å². The first kappa shape index (κ1) is 20.5. The summed E-state index contributed by atoms with van der Waals surface area (Å²) in [5, 5.41) is 5.16. The van der Waals surface area contributed by atoms with Gasteiger partial charge in [0.2, 0.25) is 5.91 Å². The van der Waals surface area contributed by atoms with E-state index < -0.39 is 0 Å². The molecule has 0 unspecified atom stereocenters. The van der Waals surface area contributed by atoms with Crippen LogP contribution in [0.5, 0.6) is 0 Å². The molecule has 1 N–H and O–H groups in total. The molecule has 0 bridgehead atoms. The van der Waals surface area contributed by atoms with Crippen LogP contribution in [0.1, 0.15) is 12.2 Å². The van der Waals surface area contributed by atoms with Crippen molar-refractivity contribution in [2.45, 2.75) is 13.0 Å². The van der Waals surface area contributed by atoms with Gasteiger partial charge >= 0.3 is 0 Å². The van der Waals surface area contributed by atoms with Crippen molar-refractivity contribution in [3.63, 3.8) is 0 Å². The normalized spacial score (nSPS) is 11.3. The Balaban J connectivity index is 1.52.